The predicted molar refractivity (Wildman–Crippen MR) is 83.9 cm³/mol. The molecule has 116 valence electrons. The van der Waals surface area contributed by atoms with Crippen molar-refractivity contribution < 1.29 is 9.90 Å². The second-order valence-electron chi connectivity index (χ2n) is 6.00. The number of aliphatic hydroxyl groups is 1. The van der Waals surface area contributed by atoms with Crippen LogP contribution in [0.4, 0.5) is 0 Å². The normalized spacial score (nSPS) is 22.5. The van der Waals surface area contributed by atoms with Gasteiger partial charge in [0.05, 0.1) is 12.6 Å². The molecule has 2 unspecified atom stereocenters. The van der Waals surface area contributed by atoms with E-state index >= 15 is 0 Å². The van der Waals surface area contributed by atoms with Gasteiger partial charge in [0, 0.05) is 0 Å². The summed E-state index contributed by atoms with van der Waals surface area (Å²) in [4.78, 5) is 14.6. The molecule has 0 spiro atoms. The Morgan fingerprint density at radius 1 is 1.38 bits per heavy atom. The van der Waals surface area contributed by atoms with Crippen LogP contribution in [0.25, 0.3) is 0 Å². The van der Waals surface area contributed by atoms with E-state index in [1.807, 2.05) is 30.3 Å². The number of piperidine rings is 1. The molecular weight excluding hydrogens is 264 g/mol. The molecule has 2 N–H and O–H groups in total. The predicted octanol–water partition coefficient (Wildman–Crippen LogP) is 1.88. The van der Waals surface area contributed by atoms with E-state index in [1.165, 1.54) is 6.42 Å². The molecule has 21 heavy (non-hydrogen) atoms. The number of likely N-dealkylation sites (N-methyl/N-ethyl adjacent to an activating group) is 1. The number of carbonyl (C=O) groups excluding carboxylic acids is 1. The van der Waals surface area contributed by atoms with Crippen LogP contribution in [0.15, 0.2) is 30.3 Å². The highest BCUT2D eigenvalue weighted by molar-refractivity contribution is 5.81. The van der Waals surface area contributed by atoms with Gasteiger partial charge in [-0.3, -0.25) is 9.69 Å². The second kappa shape index (κ2) is 7.05. The molecule has 1 heterocycles. The van der Waals surface area contributed by atoms with Crippen LogP contribution in [0.5, 0.6) is 0 Å². The molecule has 4 nitrogen and oxygen atoms in total. The third kappa shape index (κ3) is 4.05. The minimum atomic E-state index is -1.04. The average molecular weight is 290 g/mol. The maximum Gasteiger partial charge on any atom is 0.237 e. The maximum absolute atomic E-state index is 12.4. The van der Waals surface area contributed by atoms with E-state index in [0.717, 1.165) is 31.5 Å². The number of hydrogen-bond acceptors (Lipinski definition) is 3. The molecule has 1 aliphatic rings. The van der Waals surface area contributed by atoms with E-state index in [9.17, 15) is 9.90 Å². The Kier molecular flexibility index (Phi) is 5.37. The summed E-state index contributed by atoms with van der Waals surface area (Å²) < 4.78 is 0. The maximum atomic E-state index is 12.4. The van der Waals surface area contributed by atoms with Gasteiger partial charge in [-0.15, -0.1) is 0 Å². The van der Waals surface area contributed by atoms with Crippen molar-refractivity contribution >= 4 is 5.91 Å². The molecule has 0 radical (unpaired) electrons. The zero-order chi connectivity index (χ0) is 15.3. The molecular formula is C17H26N2O2. The van der Waals surface area contributed by atoms with Crippen molar-refractivity contribution in [2.24, 2.45) is 0 Å². The molecule has 0 aliphatic carbocycles. The fourth-order valence-corrected chi connectivity index (χ4v) is 2.94. The number of amides is 1. The Labute approximate surface area is 127 Å². The third-order valence-electron chi connectivity index (χ3n) is 4.33. The number of hydrogen-bond donors (Lipinski definition) is 2. The smallest absolute Gasteiger partial charge is 0.237 e. The highest BCUT2D eigenvalue weighted by Crippen LogP contribution is 2.20. The molecule has 1 aliphatic heterocycles. The van der Waals surface area contributed by atoms with E-state index in [0.29, 0.717) is 0 Å². The second-order valence-corrected chi connectivity index (χ2v) is 6.00. The Bertz CT molecular complexity index is 459. The van der Waals surface area contributed by atoms with Crippen LogP contribution >= 0.6 is 0 Å². The first kappa shape index (κ1) is 16.0. The van der Waals surface area contributed by atoms with Crippen LogP contribution in [0.3, 0.4) is 0 Å². The fourth-order valence-electron chi connectivity index (χ4n) is 2.94. The minimum Gasteiger partial charge on any atom is -0.384 e. The van der Waals surface area contributed by atoms with Crippen LogP contribution in [0.2, 0.25) is 0 Å². The number of carbonyl (C=O) groups is 1. The number of nitrogens with zero attached hydrogens (tertiary/aromatic N) is 1. The Morgan fingerprint density at radius 3 is 2.76 bits per heavy atom. The Morgan fingerprint density at radius 2 is 2.10 bits per heavy atom. The number of benzene rings is 1. The average Bonchev–Trinajstić information content (AvgIpc) is 2.53. The van der Waals surface area contributed by atoms with Crippen molar-refractivity contribution in [1.29, 1.82) is 0 Å². The first-order valence-corrected chi connectivity index (χ1v) is 7.84. The number of rotatable bonds is 5. The van der Waals surface area contributed by atoms with E-state index in [4.69, 9.17) is 0 Å². The van der Waals surface area contributed by atoms with Gasteiger partial charge in [-0.2, -0.15) is 0 Å². The molecule has 4 heteroatoms. The Balaban J connectivity index is 1.94. The summed E-state index contributed by atoms with van der Waals surface area (Å²) >= 11 is 0. The van der Waals surface area contributed by atoms with Crippen LogP contribution in [0.1, 0.15) is 38.7 Å². The zero-order valence-electron chi connectivity index (χ0n) is 13.0. The van der Waals surface area contributed by atoms with Crippen LogP contribution < -0.4 is 5.32 Å². The van der Waals surface area contributed by atoms with Crippen molar-refractivity contribution in [1.82, 2.24) is 10.2 Å². The van der Waals surface area contributed by atoms with Crippen LogP contribution in [-0.4, -0.2) is 41.6 Å². The van der Waals surface area contributed by atoms with Crippen molar-refractivity contribution in [2.45, 2.75) is 44.8 Å². The third-order valence-corrected chi connectivity index (χ3v) is 4.33. The highest BCUT2D eigenvalue weighted by Gasteiger charge is 2.30. The minimum absolute atomic E-state index is 0.0350. The lowest BCUT2D eigenvalue weighted by Crippen LogP contribution is -2.51. The molecule has 2 atom stereocenters. The van der Waals surface area contributed by atoms with Crippen LogP contribution in [-0.2, 0) is 10.4 Å². The largest absolute Gasteiger partial charge is 0.384 e. The fraction of sp³-hybridized carbons (Fsp3) is 0.588. The molecule has 0 bridgehead atoms. The summed E-state index contributed by atoms with van der Waals surface area (Å²) in [7, 11) is 0. The van der Waals surface area contributed by atoms with E-state index in [1.54, 1.807) is 6.92 Å². The molecule has 0 saturated carbocycles. The van der Waals surface area contributed by atoms with E-state index < -0.39 is 5.60 Å². The highest BCUT2D eigenvalue weighted by atomic mass is 16.3. The zero-order valence-corrected chi connectivity index (χ0v) is 13.0. The van der Waals surface area contributed by atoms with Crippen LogP contribution in [0, 0.1) is 0 Å². The van der Waals surface area contributed by atoms with Crippen molar-refractivity contribution in [2.75, 3.05) is 19.6 Å². The van der Waals surface area contributed by atoms with Gasteiger partial charge in [0.15, 0.2) is 0 Å². The molecule has 1 fully saturated rings. The summed E-state index contributed by atoms with van der Waals surface area (Å²) in [5, 5.41) is 13.5. The summed E-state index contributed by atoms with van der Waals surface area (Å²) in [6.07, 6.45) is 3.18. The molecule has 1 amide bonds. The Hall–Kier alpha value is -1.39. The number of nitrogens with one attached hydrogen (secondary N) is 1. The molecule has 1 aromatic rings. The number of likely N-dealkylation sites (tertiary alicyclic amines) is 1. The van der Waals surface area contributed by atoms with Gasteiger partial charge in [-0.25, -0.2) is 0 Å². The van der Waals surface area contributed by atoms with Crippen molar-refractivity contribution in [3.63, 3.8) is 0 Å². The van der Waals surface area contributed by atoms with Gasteiger partial charge < -0.3 is 10.4 Å². The van der Waals surface area contributed by atoms with E-state index in [-0.39, 0.29) is 18.5 Å². The lowest BCUT2D eigenvalue weighted by molar-refractivity contribution is -0.128. The van der Waals surface area contributed by atoms with Gasteiger partial charge in [0.2, 0.25) is 5.91 Å². The quantitative estimate of drug-likeness (QED) is 0.870. The summed E-state index contributed by atoms with van der Waals surface area (Å²) in [6.45, 7) is 5.95. The summed E-state index contributed by atoms with van der Waals surface area (Å²) in [5.41, 5.74) is -0.218. The van der Waals surface area contributed by atoms with Crippen molar-refractivity contribution in [3.05, 3.63) is 35.9 Å². The first-order chi connectivity index (χ1) is 10.0. The lowest BCUT2D eigenvalue weighted by atomic mass is 9.95. The van der Waals surface area contributed by atoms with Gasteiger partial charge in [-0.05, 0) is 38.4 Å². The van der Waals surface area contributed by atoms with Gasteiger partial charge >= 0.3 is 0 Å². The molecule has 1 aromatic carbocycles. The SMILES string of the molecule is CCN1CCCCC1C(=O)NCC(C)(O)c1ccccc1. The molecule has 2 rings (SSSR count). The van der Waals surface area contributed by atoms with Gasteiger partial charge in [0.25, 0.3) is 0 Å². The molecule has 1 saturated heterocycles. The van der Waals surface area contributed by atoms with Crippen molar-refractivity contribution in [3.8, 4) is 0 Å². The van der Waals surface area contributed by atoms with Gasteiger partial charge in [-0.1, -0.05) is 43.7 Å². The first-order valence-electron chi connectivity index (χ1n) is 7.84. The molecule has 0 aromatic heterocycles. The van der Waals surface area contributed by atoms with E-state index in [2.05, 4.69) is 17.1 Å². The summed E-state index contributed by atoms with van der Waals surface area (Å²) in [6, 6.07) is 9.42. The van der Waals surface area contributed by atoms with Gasteiger partial charge in [0.1, 0.15) is 5.60 Å². The summed E-state index contributed by atoms with van der Waals surface area (Å²) in [5.74, 6) is 0.0350. The monoisotopic (exact) mass is 290 g/mol. The topological polar surface area (TPSA) is 52.6 Å². The standard InChI is InChI=1S/C17H26N2O2/c1-3-19-12-8-7-11-15(19)16(20)18-13-17(2,21)14-9-5-4-6-10-14/h4-6,9-10,15,21H,3,7-8,11-13H2,1-2H3,(H,18,20). The lowest BCUT2D eigenvalue weighted by Gasteiger charge is -2.34.